The maximum absolute atomic E-state index is 5.90. The fourth-order valence-corrected chi connectivity index (χ4v) is 1.56. The molecule has 0 aromatic heterocycles. The van der Waals surface area contributed by atoms with Gasteiger partial charge in [-0.2, -0.15) is 0 Å². The lowest BCUT2D eigenvalue weighted by Gasteiger charge is -2.05. The van der Waals surface area contributed by atoms with E-state index in [0.29, 0.717) is 0 Å². The van der Waals surface area contributed by atoms with Gasteiger partial charge in [-0.05, 0) is 17.2 Å². The molecule has 0 atom stereocenters. The lowest BCUT2D eigenvalue weighted by molar-refractivity contribution is 1.59. The summed E-state index contributed by atoms with van der Waals surface area (Å²) in [4.78, 5) is 0. The summed E-state index contributed by atoms with van der Waals surface area (Å²) >= 11 is 0. The number of para-hydroxylation sites is 1. The summed E-state index contributed by atoms with van der Waals surface area (Å²) in [5, 5.41) is 0. The SMILES string of the molecule is C=Cc1ccc(-c2ccccc2N)cc1. The van der Waals surface area contributed by atoms with E-state index >= 15 is 0 Å². The highest BCUT2D eigenvalue weighted by Crippen LogP contribution is 2.25. The predicted molar refractivity (Wildman–Crippen MR) is 66.4 cm³/mol. The Morgan fingerprint density at radius 2 is 1.60 bits per heavy atom. The standard InChI is InChI=1S/C14H13N/c1-2-11-7-9-12(10-8-11)13-5-3-4-6-14(13)15/h2-10H,1,15H2. The molecule has 0 bridgehead atoms. The van der Waals surface area contributed by atoms with Crippen LogP contribution in [-0.4, -0.2) is 0 Å². The van der Waals surface area contributed by atoms with E-state index in [4.69, 9.17) is 5.73 Å². The lowest BCUT2D eigenvalue weighted by atomic mass is 10.0. The maximum atomic E-state index is 5.90. The average Bonchev–Trinajstić information content (AvgIpc) is 2.30. The third-order valence-electron chi connectivity index (χ3n) is 2.42. The van der Waals surface area contributed by atoms with Crippen LogP contribution in [0.5, 0.6) is 0 Å². The van der Waals surface area contributed by atoms with Gasteiger partial charge in [0, 0.05) is 11.3 Å². The third-order valence-corrected chi connectivity index (χ3v) is 2.42. The predicted octanol–water partition coefficient (Wildman–Crippen LogP) is 3.58. The fourth-order valence-electron chi connectivity index (χ4n) is 1.56. The van der Waals surface area contributed by atoms with Crippen LogP contribution < -0.4 is 5.73 Å². The summed E-state index contributed by atoms with van der Waals surface area (Å²) < 4.78 is 0. The zero-order valence-corrected chi connectivity index (χ0v) is 8.48. The molecule has 74 valence electrons. The molecule has 0 amide bonds. The molecule has 2 N–H and O–H groups in total. The van der Waals surface area contributed by atoms with E-state index in [0.717, 1.165) is 22.4 Å². The van der Waals surface area contributed by atoms with Gasteiger partial charge in [0.15, 0.2) is 0 Å². The van der Waals surface area contributed by atoms with Gasteiger partial charge in [-0.3, -0.25) is 0 Å². The second-order valence-corrected chi connectivity index (χ2v) is 3.41. The van der Waals surface area contributed by atoms with Crippen LogP contribution in [0.15, 0.2) is 55.1 Å². The smallest absolute Gasteiger partial charge is 0.0393 e. The summed E-state index contributed by atoms with van der Waals surface area (Å²) in [5.41, 5.74) is 10.0. The first kappa shape index (κ1) is 9.53. The Labute approximate surface area is 89.9 Å². The van der Waals surface area contributed by atoms with E-state index in [9.17, 15) is 0 Å². The van der Waals surface area contributed by atoms with Crippen molar-refractivity contribution in [1.82, 2.24) is 0 Å². The second kappa shape index (κ2) is 4.01. The number of nitrogen functional groups attached to an aromatic ring is 1. The van der Waals surface area contributed by atoms with Gasteiger partial charge < -0.3 is 5.73 Å². The highest BCUT2D eigenvalue weighted by molar-refractivity contribution is 5.76. The first-order chi connectivity index (χ1) is 7.31. The molecule has 2 aromatic rings. The molecule has 0 aliphatic heterocycles. The Balaban J connectivity index is 2.46. The maximum Gasteiger partial charge on any atom is 0.0393 e. The molecule has 0 saturated carbocycles. The van der Waals surface area contributed by atoms with Crippen LogP contribution >= 0.6 is 0 Å². The summed E-state index contributed by atoms with van der Waals surface area (Å²) in [6.45, 7) is 3.73. The van der Waals surface area contributed by atoms with Crippen molar-refractivity contribution < 1.29 is 0 Å². The number of benzene rings is 2. The largest absolute Gasteiger partial charge is 0.398 e. The molecule has 15 heavy (non-hydrogen) atoms. The zero-order valence-electron chi connectivity index (χ0n) is 8.48. The summed E-state index contributed by atoms with van der Waals surface area (Å²) in [7, 11) is 0. The van der Waals surface area contributed by atoms with E-state index in [1.165, 1.54) is 0 Å². The minimum atomic E-state index is 0.809. The molecular formula is C14H13N. The van der Waals surface area contributed by atoms with Crippen molar-refractivity contribution in [2.24, 2.45) is 0 Å². The normalized spacial score (nSPS) is 9.87. The van der Waals surface area contributed by atoms with Crippen molar-refractivity contribution in [2.75, 3.05) is 5.73 Å². The minimum Gasteiger partial charge on any atom is -0.398 e. The number of hydrogen-bond donors (Lipinski definition) is 1. The van der Waals surface area contributed by atoms with Crippen LogP contribution in [0.2, 0.25) is 0 Å². The number of anilines is 1. The fraction of sp³-hybridized carbons (Fsp3) is 0. The van der Waals surface area contributed by atoms with Crippen LogP contribution in [0, 0.1) is 0 Å². The highest BCUT2D eigenvalue weighted by Gasteiger charge is 2.00. The van der Waals surface area contributed by atoms with Crippen molar-refractivity contribution in [2.45, 2.75) is 0 Å². The average molecular weight is 195 g/mol. The van der Waals surface area contributed by atoms with Crippen molar-refractivity contribution in [3.63, 3.8) is 0 Å². The van der Waals surface area contributed by atoms with Gasteiger partial charge in [0.25, 0.3) is 0 Å². The van der Waals surface area contributed by atoms with Gasteiger partial charge in [0.1, 0.15) is 0 Å². The van der Waals surface area contributed by atoms with Gasteiger partial charge in [-0.1, -0.05) is 55.1 Å². The van der Waals surface area contributed by atoms with Gasteiger partial charge in [0.05, 0.1) is 0 Å². The van der Waals surface area contributed by atoms with Gasteiger partial charge in [-0.15, -0.1) is 0 Å². The highest BCUT2D eigenvalue weighted by atomic mass is 14.6. The third kappa shape index (κ3) is 1.91. The molecule has 0 aliphatic carbocycles. The topological polar surface area (TPSA) is 26.0 Å². The van der Waals surface area contributed by atoms with E-state index in [1.54, 1.807) is 0 Å². The first-order valence-electron chi connectivity index (χ1n) is 4.88. The molecule has 0 fully saturated rings. The van der Waals surface area contributed by atoms with Crippen molar-refractivity contribution in [3.05, 3.63) is 60.7 Å². The molecule has 0 saturated heterocycles. The van der Waals surface area contributed by atoms with Gasteiger partial charge in [-0.25, -0.2) is 0 Å². The monoisotopic (exact) mass is 195 g/mol. The lowest BCUT2D eigenvalue weighted by Crippen LogP contribution is -1.88. The quantitative estimate of drug-likeness (QED) is 0.728. The molecule has 0 unspecified atom stereocenters. The van der Waals surface area contributed by atoms with E-state index in [1.807, 2.05) is 42.5 Å². The molecule has 0 heterocycles. The Bertz CT molecular complexity index is 469. The van der Waals surface area contributed by atoms with Gasteiger partial charge >= 0.3 is 0 Å². The number of nitrogens with two attached hydrogens (primary N) is 1. The summed E-state index contributed by atoms with van der Waals surface area (Å²) in [5.74, 6) is 0. The van der Waals surface area contributed by atoms with Crippen LogP contribution in [-0.2, 0) is 0 Å². The van der Waals surface area contributed by atoms with E-state index < -0.39 is 0 Å². The summed E-state index contributed by atoms with van der Waals surface area (Å²) in [6, 6.07) is 16.1. The van der Waals surface area contributed by atoms with Crippen LogP contribution in [0.25, 0.3) is 17.2 Å². The first-order valence-corrected chi connectivity index (χ1v) is 4.88. The molecule has 2 rings (SSSR count). The van der Waals surface area contributed by atoms with Crippen LogP contribution in [0.3, 0.4) is 0 Å². The van der Waals surface area contributed by atoms with E-state index in [-0.39, 0.29) is 0 Å². The molecule has 0 radical (unpaired) electrons. The van der Waals surface area contributed by atoms with Crippen LogP contribution in [0.1, 0.15) is 5.56 Å². The molecule has 1 heteroatoms. The molecule has 0 spiro atoms. The number of rotatable bonds is 2. The Hall–Kier alpha value is -2.02. The van der Waals surface area contributed by atoms with E-state index in [2.05, 4.69) is 18.7 Å². The van der Waals surface area contributed by atoms with Gasteiger partial charge in [0.2, 0.25) is 0 Å². The molecule has 0 aliphatic rings. The van der Waals surface area contributed by atoms with Crippen molar-refractivity contribution >= 4 is 11.8 Å². The Kier molecular flexibility index (Phi) is 2.55. The second-order valence-electron chi connectivity index (χ2n) is 3.41. The molecular weight excluding hydrogens is 182 g/mol. The minimum absolute atomic E-state index is 0.809. The summed E-state index contributed by atoms with van der Waals surface area (Å²) in [6.07, 6.45) is 1.83. The zero-order chi connectivity index (χ0) is 10.7. The van der Waals surface area contributed by atoms with Crippen LogP contribution in [0.4, 0.5) is 5.69 Å². The Morgan fingerprint density at radius 3 is 2.20 bits per heavy atom. The molecule has 2 aromatic carbocycles. The van der Waals surface area contributed by atoms with Crippen molar-refractivity contribution in [1.29, 1.82) is 0 Å². The number of hydrogen-bond acceptors (Lipinski definition) is 1. The molecule has 1 nitrogen and oxygen atoms in total. The Morgan fingerprint density at radius 1 is 0.933 bits per heavy atom. The van der Waals surface area contributed by atoms with Crippen molar-refractivity contribution in [3.8, 4) is 11.1 Å².